The van der Waals surface area contributed by atoms with Gasteiger partial charge in [-0.15, -0.1) is 0 Å². The molecule has 108 valence electrons. The van der Waals surface area contributed by atoms with Crippen LogP contribution >= 0.6 is 0 Å². The minimum Gasteiger partial charge on any atom is -0.481 e. The van der Waals surface area contributed by atoms with Crippen LogP contribution in [0.4, 0.5) is 5.82 Å². The number of anilines is 1. The zero-order valence-corrected chi connectivity index (χ0v) is 11.7. The number of benzene rings is 1. The summed E-state index contributed by atoms with van der Waals surface area (Å²) < 4.78 is 0. The number of hydrogen-bond donors (Lipinski definition) is 1. The zero-order valence-electron chi connectivity index (χ0n) is 11.7. The molecule has 2 aliphatic rings. The predicted octanol–water partition coefficient (Wildman–Crippen LogP) is 2.32. The third-order valence-electron chi connectivity index (χ3n) is 5.06. The Morgan fingerprint density at radius 3 is 2.90 bits per heavy atom. The van der Waals surface area contributed by atoms with Gasteiger partial charge in [0, 0.05) is 13.1 Å². The summed E-state index contributed by atoms with van der Waals surface area (Å²) in [5.74, 6) is 0.383. The average Bonchev–Trinajstić information content (AvgIpc) is 3.04. The standard InChI is InChI=1S/C16H17N3O2/c20-15(21)16-7-3-4-11(16)9-19(10-16)14-8-17-12-5-1-2-6-13(12)18-14/h1-2,5-6,8,11H,3-4,7,9-10H2,(H,20,21)/t11-,16+/m0/s1. The highest BCUT2D eigenvalue weighted by molar-refractivity contribution is 5.79. The summed E-state index contributed by atoms with van der Waals surface area (Å²) in [4.78, 5) is 22.9. The summed E-state index contributed by atoms with van der Waals surface area (Å²) in [7, 11) is 0. The summed E-state index contributed by atoms with van der Waals surface area (Å²) in [6.07, 6.45) is 4.57. The number of aromatic nitrogens is 2. The van der Waals surface area contributed by atoms with Gasteiger partial charge in [0.05, 0.1) is 22.6 Å². The second-order valence-electron chi connectivity index (χ2n) is 6.15. The van der Waals surface area contributed by atoms with Crippen LogP contribution in [0.5, 0.6) is 0 Å². The van der Waals surface area contributed by atoms with Crippen molar-refractivity contribution >= 4 is 22.8 Å². The Morgan fingerprint density at radius 2 is 2.14 bits per heavy atom. The van der Waals surface area contributed by atoms with Crippen LogP contribution in [0.2, 0.25) is 0 Å². The van der Waals surface area contributed by atoms with Crippen molar-refractivity contribution in [2.24, 2.45) is 11.3 Å². The number of para-hydroxylation sites is 2. The minimum atomic E-state index is -0.652. The third kappa shape index (κ3) is 1.80. The van der Waals surface area contributed by atoms with E-state index in [0.717, 1.165) is 42.7 Å². The number of rotatable bonds is 2. The molecule has 0 bridgehead atoms. The molecule has 0 spiro atoms. The summed E-state index contributed by atoms with van der Waals surface area (Å²) in [6, 6.07) is 7.76. The molecule has 1 aliphatic carbocycles. The van der Waals surface area contributed by atoms with Crippen molar-refractivity contribution in [3.63, 3.8) is 0 Å². The Bertz CT molecular complexity index is 717. The lowest BCUT2D eigenvalue weighted by Gasteiger charge is -2.23. The van der Waals surface area contributed by atoms with Crippen molar-refractivity contribution in [1.29, 1.82) is 0 Å². The maximum atomic E-state index is 11.7. The van der Waals surface area contributed by atoms with E-state index >= 15 is 0 Å². The Kier molecular flexibility index (Phi) is 2.64. The quantitative estimate of drug-likeness (QED) is 0.916. The van der Waals surface area contributed by atoms with Crippen molar-refractivity contribution < 1.29 is 9.90 Å². The van der Waals surface area contributed by atoms with Crippen molar-refractivity contribution in [3.8, 4) is 0 Å². The molecule has 0 amide bonds. The molecule has 2 fully saturated rings. The largest absolute Gasteiger partial charge is 0.481 e. The van der Waals surface area contributed by atoms with Crippen LogP contribution < -0.4 is 4.90 Å². The molecule has 1 aromatic carbocycles. The maximum Gasteiger partial charge on any atom is 0.311 e. The molecule has 2 heterocycles. The number of carboxylic acid groups (broad SMARTS) is 1. The highest BCUT2D eigenvalue weighted by atomic mass is 16.4. The van der Waals surface area contributed by atoms with Crippen molar-refractivity contribution in [2.45, 2.75) is 19.3 Å². The molecule has 1 saturated carbocycles. The molecule has 21 heavy (non-hydrogen) atoms. The average molecular weight is 283 g/mol. The normalized spacial score (nSPS) is 28.0. The summed E-state index contributed by atoms with van der Waals surface area (Å²) in [5, 5.41) is 9.65. The lowest BCUT2D eigenvalue weighted by Crippen LogP contribution is -2.35. The van der Waals surface area contributed by atoms with Crippen LogP contribution in [-0.2, 0) is 4.79 Å². The molecule has 4 rings (SSSR count). The van der Waals surface area contributed by atoms with Crippen LogP contribution in [0.15, 0.2) is 30.5 Å². The highest BCUT2D eigenvalue weighted by Crippen LogP contribution is 2.49. The molecular formula is C16H17N3O2. The smallest absolute Gasteiger partial charge is 0.311 e. The van der Waals surface area contributed by atoms with Gasteiger partial charge in [0.2, 0.25) is 0 Å². The zero-order chi connectivity index (χ0) is 14.4. The van der Waals surface area contributed by atoms with E-state index in [1.54, 1.807) is 6.20 Å². The van der Waals surface area contributed by atoms with Crippen molar-refractivity contribution in [1.82, 2.24) is 9.97 Å². The molecule has 1 aromatic heterocycles. The van der Waals surface area contributed by atoms with E-state index in [4.69, 9.17) is 0 Å². The lowest BCUT2D eigenvalue weighted by atomic mass is 9.81. The Balaban J connectivity index is 1.69. The van der Waals surface area contributed by atoms with Gasteiger partial charge in [-0.3, -0.25) is 9.78 Å². The fraction of sp³-hybridized carbons (Fsp3) is 0.438. The Morgan fingerprint density at radius 1 is 1.33 bits per heavy atom. The molecule has 2 aromatic rings. The fourth-order valence-electron chi connectivity index (χ4n) is 3.91. The minimum absolute atomic E-state index is 0.239. The number of fused-ring (bicyclic) bond motifs is 2. The number of nitrogens with zero attached hydrogens (tertiary/aromatic N) is 3. The van der Waals surface area contributed by atoms with Gasteiger partial charge >= 0.3 is 5.97 Å². The summed E-state index contributed by atoms with van der Waals surface area (Å²) in [5.41, 5.74) is 1.15. The van der Waals surface area contributed by atoms with E-state index in [9.17, 15) is 9.90 Å². The molecule has 1 saturated heterocycles. The van der Waals surface area contributed by atoms with E-state index < -0.39 is 11.4 Å². The van der Waals surface area contributed by atoms with Gasteiger partial charge in [-0.1, -0.05) is 18.6 Å². The van der Waals surface area contributed by atoms with Gasteiger partial charge in [0.25, 0.3) is 0 Å². The van der Waals surface area contributed by atoms with Crippen molar-refractivity contribution in [3.05, 3.63) is 30.5 Å². The first kappa shape index (κ1) is 12.6. The van der Waals surface area contributed by atoms with Gasteiger partial charge < -0.3 is 10.0 Å². The lowest BCUT2D eigenvalue weighted by molar-refractivity contribution is -0.149. The second-order valence-corrected chi connectivity index (χ2v) is 6.15. The van der Waals surface area contributed by atoms with E-state index in [2.05, 4.69) is 14.9 Å². The van der Waals surface area contributed by atoms with Gasteiger partial charge in [0.1, 0.15) is 5.82 Å². The van der Waals surface area contributed by atoms with Crippen LogP contribution in [-0.4, -0.2) is 34.1 Å². The molecule has 5 heteroatoms. The van der Waals surface area contributed by atoms with Gasteiger partial charge in [-0.25, -0.2) is 4.98 Å². The first-order chi connectivity index (χ1) is 10.2. The van der Waals surface area contributed by atoms with Gasteiger partial charge in [-0.05, 0) is 30.9 Å². The third-order valence-corrected chi connectivity index (χ3v) is 5.06. The number of carboxylic acids is 1. The highest BCUT2D eigenvalue weighted by Gasteiger charge is 2.55. The van der Waals surface area contributed by atoms with E-state index in [0.29, 0.717) is 6.54 Å². The van der Waals surface area contributed by atoms with E-state index in [1.165, 1.54) is 0 Å². The van der Waals surface area contributed by atoms with E-state index in [-0.39, 0.29) is 5.92 Å². The van der Waals surface area contributed by atoms with Crippen LogP contribution in [0.25, 0.3) is 11.0 Å². The first-order valence-electron chi connectivity index (χ1n) is 7.39. The number of hydrogen-bond acceptors (Lipinski definition) is 4. The van der Waals surface area contributed by atoms with Crippen LogP contribution in [0.1, 0.15) is 19.3 Å². The molecule has 5 nitrogen and oxygen atoms in total. The second kappa shape index (κ2) is 4.41. The molecule has 1 aliphatic heterocycles. The number of carbonyl (C=O) groups is 1. The molecule has 0 radical (unpaired) electrons. The van der Waals surface area contributed by atoms with Crippen LogP contribution in [0.3, 0.4) is 0 Å². The summed E-state index contributed by atoms with van der Waals surface area (Å²) in [6.45, 7) is 1.33. The molecule has 0 unspecified atom stereocenters. The van der Waals surface area contributed by atoms with Crippen LogP contribution in [0, 0.1) is 11.3 Å². The van der Waals surface area contributed by atoms with Gasteiger partial charge in [0.15, 0.2) is 0 Å². The van der Waals surface area contributed by atoms with E-state index in [1.807, 2.05) is 24.3 Å². The number of aliphatic carboxylic acids is 1. The maximum absolute atomic E-state index is 11.7. The predicted molar refractivity (Wildman–Crippen MR) is 79.2 cm³/mol. The SMILES string of the molecule is O=C(O)[C@@]12CCC[C@H]1CN(c1cnc3ccccc3n1)C2. The molecular weight excluding hydrogens is 266 g/mol. The Labute approximate surface area is 122 Å². The summed E-state index contributed by atoms with van der Waals surface area (Å²) >= 11 is 0. The fourth-order valence-corrected chi connectivity index (χ4v) is 3.91. The molecule has 2 atom stereocenters. The van der Waals surface area contributed by atoms with Gasteiger partial charge in [-0.2, -0.15) is 0 Å². The molecule has 1 N–H and O–H groups in total. The van der Waals surface area contributed by atoms with Crippen molar-refractivity contribution in [2.75, 3.05) is 18.0 Å². The topological polar surface area (TPSA) is 66.3 Å². The Hall–Kier alpha value is -2.17. The monoisotopic (exact) mass is 283 g/mol. The first-order valence-corrected chi connectivity index (χ1v) is 7.39.